The number of pyridine rings is 1. The van der Waals surface area contributed by atoms with E-state index in [-0.39, 0.29) is 18.1 Å². The van der Waals surface area contributed by atoms with E-state index in [0.29, 0.717) is 11.2 Å². The Morgan fingerprint density at radius 2 is 1.79 bits per heavy atom. The highest BCUT2D eigenvalue weighted by atomic mass is 16.5. The number of rotatable bonds is 8. The van der Waals surface area contributed by atoms with Gasteiger partial charge in [0, 0.05) is 35.9 Å². The molecule has 170 valence electrons. The molecule has 0 N–H and O–H groups in total. The smallest absolute Gasteiger partial charge is 0.359 e. The molecule has 33 heavy (non-hydrogen) atoms. The van der Waals surface area contributed by atoms with Crippen LogP contribution in [0.4, 0.5) is 0 Å². The number of ether oxygens (including phenoxy) is 2. The minimum Gasteiger partial charge on any atom is -0.497 e. The van der Waals surface area contributed by atoms with E-state index in [1.165, 1.54) is 5.56 Å². The van der Waals surface area contributed by atoms with Crippen molar-refractivity contribution in [1.82, 2.24) is 14.0 Å². The van der Waals surface area contributed by atoms with Crippen LogP contribution in [0.2, 0.25) is 0 Å². The molecule has 0 atom stereocenters. The fourth-order valence-corrected chi connectivity index (χ4v) is 3.93. The minimum absolute atomic E-state index is 0.179. The summed E-state index contributed by atoms with van der Waals surface area (Å²) in [7, 11) is 1.65. The van der Waals surface area contributed by atoms with Crippen LogP contribution in [0.5, 0.6) is 5.75 Å². The van der Waals surface area contributed by atoms with Gasteiger partial charge < -0.3 is 18.4 Å². The number of nitrogens with zero attached hydrogens (tertiary/aromatic N) is 3. The van der Waals surface area contributed by atoms with Gasteiger partial charge in [-0.15, -0.1) is 0 Å². The average molecular weight is 446 g/mol. The Hall–Kier alpha value is -3.87. The van der Waals surface area contributed by atoms with Gasteiger partial charge in [0.15, 0.2) is 12.3 Å². The molecule has 0 saturated heterocycles. The molecule has 0 aliphatic carbocycles. The Bertz CT molecular complexity index is 1320. The van der Waals surface area contributed by atoms with Gasteiger partial charge >= 0.3 is 5.97 Å². The molecule has 0 bridgehead atoms. The predicted octanol–water partition coefficient (Wildman–Crippen LogP) is 4.35. The Morgan fingerprint density at radius 1 is 1.03 bits per heavy atom. The van der Waals surface area contributed by atoms with Crippen LogP contribution in [-0.2, 0) is 17.7 Å². The molecule has 0 saturated carbocycles. The molecule has 0 aliphatic rings. The van der Waals surface area contributed by atoms with Crippen LogP contribution < -0.4 is 4.74 Å². The Labute approximate surface area is 192 Å². The van der Waals surface area contributed by atoms with Crippen molar-refractivity contribution >= 4 is 17.4 Å². The van der Waals surface area contributed by atoms with E-state index >= 15 is 0 Å². The highest BCUT2D eigenvalue weighted by molar-refractivity contribution is 6.00. The van der Waals surface area contributed by atoms with Gasteiger partial charge in [0.2, 0.25) is 5.78 Å². The molecule has 1 aromatic carbocycles. The number of ketones is 1. The van der Waals surface area contributed by atoms with Gasteiger partial charge in [-0.2, -0.15) is 0 Å². The van der Waals surface area contributed by atoms with Crippen molar-refractivity contribution in [1.29, 1.82) is 0 Å². The average Bonchev–Trinajstić information content (AvgIpc) is 3.36. The molecule has 0 aliphatic heterocycles. The Balaban J connectivity index is 1.39. The van der Waals surface area contributed by atoms with Crippen molar-refractivity contribution in [2.24, 2.45) is 0 Å². The van der Waals surface area contributed by atoms with Crippen LogP contribution in [-0.4, -0.2) is 39.4 Å². The van der Waals surface area contributed by atoms with Gasteiger partial charge in [0.25, 0.3) is 0 Å². The van der Waals surface area contributed by atoms with Gasteiger partial charge in [0.05, 0.1) is 7.11 Å². The molecule has 4 rings (SSSR count). The van der Waals surface area contributed by atoms with Crippen molar-refractivity contribution in [3.63, 3.8) is 0 Å². The number of aryl methyl sites for hydroxylation is 3. The first-order valence-electron chi connectivity index (χ1n) is 10.8. The van der Waals surface area contributed by atoms with Gasteiger partial charge in [-0.25, -0.2) is 9.78 Å². The van der Waals surface area contributed by atoms with Gasteiger partial charge in [-0.1, -0.05) is 12.1 Å². The van der Waals surface area contributed by atoms with E-state index in [4.69, 9.17) is 9.47 Å². The molecule has 7 heteroatoms. The summed E-state index contributed by atoms with van der Waals surface area (Å²) in [6, 6.07) is 13.6. The first kappa shape index (κ1) is 22.3. The maximum absolute atomic E-state index is 12.8. The number of Topliss-reactive ketones (excluding diaryl/α,β-unsaturated/α-hetero) is 1. The summed E-state index contributed by atoms with van der Waals surface area (Å²) in [6.07, 6.45) is 4.27. The molecule has 0 radical (unpaired) electrons. The molecule has 0 fully saturated rings. The van der Waals surface area contributed by atoms with E-state index < -0.39 is 5.97 Å². The standard InChI is InChI=1S/C26H27N3O4/c1-17-9-11-28-15-23(27-25(28)13-17)26(31)33-16-24(30)22-14-18(2)29(19(22)3)12-10-20-5-7-21(32-4)8-6-20/h5-9,11,13-15H,10,12,16H2,1-4H3. The zero-order valence-electron chi connectivity index (χ0n) is 19.3. The van der Waals surface area contributed by atoms with Gasteiger partial charge in [-0.05, 0) is 68.7 Å². The van der Waals surface area contributed by atoms with Crippen molar-refractivity contribution in [3.8, 4) is 5.75 Å². The number of esters is 1. The monoisotopic (exact) mass is 445 g/mol. The SMILES string of the molecule is COc1ccc(CCn2c(C)cc(C(=O)COC(=O)c3cn4ccc(C)cc4n3)c2C)cc1. The minimum atomic E-state index is -0.613. The summed E-state index contributed by atoms with van der Waals surface area (Å²) >= 11 is 0. The second-order valence-electron chi connectivity index (χ2n) is 8.13. The van der Waals surface area contributed by atoms with Crippen molar-refractivity contribution < 1.29 is 19.1 Å². The van der Waals surface area contributed by atoms with E-state index in [0.717, 1.165) is 35.7 Å². The Morgan fingerprint density at radius 3 is 2.52 bits per heavy atom. The molecular weight excluding hydrogens is 418 g/mol. The van der Waals surface area contributed by atoms with Crippen LogP contribution in [0, 0.1) is 20.8 Å². The topological polar surface area (TPSA) is 74.8 Å². The third kappa shape index (κ3) is 4.82. The summed E-state index contributed by atoms with van der Waals surface area (Å²) in [5.74, 6) is -0.0157. The third-order valence-electron chi connectivity index (χ3n) is 5.82. The van der Waals surface area contributed by atoms with Gasteiger partial charge in [0.1, 0.15) is 11.4 Å². The van der Waals surface area contributed by atoms with Crippen LogP contribution in [0.3, 0.4) is 0 Å². The maximum atomic E-state index is 12.8. The second-order valence-corrected chi connectivity index (χ2v) is 8.13. The zero-order valence-corrected chi connectivity index (χ0v) is 19.3. The summed E-state index contributed by atoms with van der Waals surface area (Å²) < 4.78 is 14.3. The number of hydrogen-bond donors (Lipinski definition) is 0. The van der Waals surface area contributed by atoms with Crippen LogP contribution in [0.1, 0.15) is 43.4 Å². The molecule has 0 spiro atoms. The quantitative estimate of drug-likeness (QED) is 0.298. The normalized spacial score (nSPS) is 11.0. The second kappa shape index (κ2) is 9.32. The molecular formula is C26H27N3O4. The fourth-order valence-electron chi connectivity index (χ4n) is 3.93. The lowest BCUT2D eigenvalue weighted by molar-refractivity contribution is 0.0469. The number of carbonyl (C=O) groups is 2. The van der Waals surface area contributed by atoms with Crippen molar-refractivity contribution in [2.75, 3.05) is 13.7 Å². The van der Waals surface area contributed by atoms with Crippen molar-refractivity contribution in [2.45, 2.75) is 33.7 Å². The van der Waals surface area contributed by atoms with E-state index in [2.05, 4.69) is 9.55 Å². The molecule has 3 heterocycles. The Kier molecular flexibility index (Phi) is 6.31. The molecule has 0 unspecified atom stereocenters. The number of imidazole rings is 1. The lowest BCUT2D eigenvalue weighted by atomic mass is 10.1. The number of fused-ring (bicyclic) bond motifs is 1. The van der Waals surface area contributed by atoms with Crippen molar-refractivity contribution in [3.05, 3.63) is 88.6 Å². The third-order valence-corrected chi connectivity index (χ3v) is 5.82. The number of carbonyl (C=O) groups excluding carboxylic acids is 2. The molecule has 0 amide bonds. The fraction of sp³-hybridized carbons (Fsp3) is 0.269. The first-order chi connectivity index (χ1) is 15.9. The summed E-state index contributed by atoms with van der Waals surface area (Å²) in [5.41, 5.74) is 5.50. The first-order valence-corrected chi connectivity index (χ1v) is 10.8. The summed E-state index contributed by atoms with van der Waals surface area (Å²) in [5, 5.41) is 0. The number of hydrogen-bond acceptors (Lipinski definition) is 5. The van der Waals surface area contributed by atoms with E-state index in [1.807, 2.05) is 69.4 Å². The highest BCUT2D eigenvalue weighted by Crippen LogP contribution is 2.18. The van der Waals surface area contributed by atoms with E-state index in [9.17, 15) is 9.59 Å². The summed E-state index contributed by atoms with van der Waals surface area (Å²) in [6.45, 7) is 6.27. The predicted molar refractivity (Wildman–Crippen MR) is 125 cm³/mol. The highest BCUT2D eigenvalue weighted by Gasteiger charge is 2.19. The number of aromatic nitrogens is 3. The zero-order chi connectivity index (χ0) is 23.5. The van der Waals surface area contributed by atoms with Crippen LogP contribution >= 0.6 is 0 Å². The number of methoxy groups -OCH3 is 1. The lowest BCUT2D eigenvalue weighted by Crippen LogP contribution is -2.15. The van der Waals surface area contributed by atoms with Crippen LogP contribution in [0.15, 0.2) is 54.9 Å². The lowest BCUT2D eigenvalue weighted by Gasteiger charge is -2.10. The van der Waals surface area contributed by atoms with Crippen LogP contribution in [0.25, 0.3) is 5.65 Å². The number of benzene rings is 1. The molecule has 3 aromatic heterocycles. The molecule has 7 nitrogen and oxygen atoms in total. The van der Waals surface area contributed by atoms with Gasteiger partial charge in [-0.3, -0.25) is 4.79 Å². The summed E-state index contributed by atoms with van der Waals surface area (Å²) in [4.78, 5) is 29.5. The largest absolute Gasteiger partial charge is 0.497 e. The maximum Gasteiger partial charge on any atom is 0.359 e. The van der Waals surface area contributed by atoms with E-state index in [1.54, 1.807) is 17.7 Å². The molecule has 4 aromatic rings.